The highest BCUT2D eigenvalue weighted by molar-refractivity contribution is 5.61. The van der Waals surface area contributed by atoms with Crippen LogP contribution in [0.15, 0.2) is 0 Å². The molecule has 1 aliphatic heterocycles. The van der Waals surface area contributed by atoms with Crippen LogP contribution in [0.5, 0.6) is 0 Å². The van der Waals surface area contributed by atoms with E-state index >= 15 is 0 Å². The van der Waals surface area contributed by atoms with Gasteiger partial charge in [0.15, 0.2) is 6.29 Å². The zero-order valence-electron chi connectivity index (χ0n) is 6.13. The molecule has 1 saturated heterocycles. The van der Waals surface area contributed by atoms with Crippen LogP contribution < -0.4 is 0 Å². The van der Waals surface area contributed by atoms with Crippen molar-refractivity contribution in [3.8, 4) is 0 Å². The van der Waals surface area contributed by atoms with Gasteiger partial charge in [-0.15, -0.1) is 0 Å². The molecule has 1 heterocycles. The maximum absolute atomic E-state index is 10.2. The Morgan fingerprint density at radius 1 is 1.40 bits per heavy atom. The molecule has 3 nitrogen and oxygen atoms in total. The van der Waals surface area contributed by atoms with Gasteiger partial charge in [0, 0.05) is 6.42 Å². The van der Waals surface area contributed by atoms with E-state index in [2.05, 4.69) is 16.7 Å². The third-order valence-corrected chi connectivity index (χ3v) is 1.61. The zero-order valence-corrected chi connectivity index (χ0v) is 6.13. The second-order valence-corrected chi connectivity index (χ2v) is 2.55. The smallest absolute Gasteiger partial charge is 0.288 e. The molecule has 1 rings (SSSR count). The van der Waals surface area contributed by atoms with Gasteiger partial charge in [-0.2, -0.15) is 9.78 Å². The van der Waals surface area contributed by atoms with Crippen LogP contribution in [0.2, 0.25) is 0 Å². The first-order valence-electron chi connectivity index (χ1n) is 3.66. The number of hydrogen-bond donors (Lipinski definition) is 0. The first-order chi connectivity index (χ1) is 4.83. The molecular formula is C7H12O3. The Morgan fingerprint density at radius 3 is 2.50 bits per heavy atom. The third kappa shape index (κ3) is 1.78. The molecule has 0 aromatic heterocycles. The fourth-order valence-corrected chi connectivity index (χ4v) is 0.856. The highest BCUT2D eigenvalue weighted by Crippen LogP contribution is 2.32. The first-order valence-corrected chi connectivity index (χ1v) is 3.66. The number of carbonyl (C=O) groups excluding carboxylic acids is 1. The van der Waals surface area contributed by atoms with Crippen LogP contribution in [0.1, 0.15) is 32.6 Å². The summed E-state index contributed by atoms with van der Waals surface area (Å²) in [6.45, 7) is 2.11. The highest BCUT2D eigenvalue weighted by Gasteiger charge is 2.48. The summed E-state index contributed by atoms with van der Waals surface area (Å²) in [5.74, 6) is -0.838. The first kappa shape index (κ1) is 7.69. The van der Waals surface area contributed by atoms with Crippen molar-refractivity contribution in [2.24, 2.45) is 0 Å². The van der Waals surface area contributed by atoms with Crippen molar-refractivity contribution in [3.05, 3.63) is 0 Å². The van der Waals surface area contributed by atoms with E-state index in [1.165, 1.54) is 0 Å². The fourth-order valence-electron chi connectivity index (χ4n) is 0.856. The van der Waals surface area contributed by atoms with Crippen LogP contribution in [0.4, 0.5) is 0 Å². The second kappa shape index (κ2) is 3.12. The number of rotatable bonds is 5. The lowest BCUT2D eigenvalue weighted by molar-refractivity contribution is -0.113. The molecule has 1 aliphatic rings. The van der Waals surface area contributed by atoms with E-state index in [0.717, 1.165) is 25.5 Å². The monoisotopic (exact) mass is 144 g/mol. The van der Waals surface area contributed by atoms with Gasteiger partial charge in [-0.25, -0.2) is 0 Å². The van der Waals surface area contributed by atoms with Gasteiger partial charge < -0.3 is 0 Å². The normalized spacial score (nSPS) is 20.5. The van der Waals surface area contributed by atoms with Gasteiger partial charge in [-0.3, -0.25) is 4.79 Å². The summed E-state index contributed by atoms with van der Waals surface area (Å²) >= 11 is 0. The molecule has 0 radical (unpaired) electrons. The van der Waals surface area contributed by atoms with E-state index in [9.17, 15) is 4.79 Å². The van der Waals surface area contributed by atoms with Gasteiger partial charge in [-0.05, 0) is 6.42 Å². The third-order valence-electron chi connectivity index (χ3n) is 1.61. The van der Waals surface area contributed by atoms with Crippen molar-refractivity contribution < 1.29 is 14.6 Å². The molecule has 58 valence electrons. The number of carbonyl (C=O) groups is 1. The Hall–Kier alpha value is -0.410. The van der Waals surface area contributed by atoms with Gasteiger partial charge in [0.05, 0.1) is 0 Å². The van der Waals surface area contributed by atoms with Crippen molar-refractivity contribution in [1.82, 2.24) is 0 Å². The van der Waals surface area contributed by atoms with Crippen molar-refractivity contribution in [1.29, 1.82) is 0 Å². The van der Waals surface area contributed by atoms with E-state index in [1.807, 2.05) is 0 Å². The Labute approximate surface area is 60.2 Å². The van der Waals surface area contributed by atoms with E-state index in [-0.39, 0.29) is 0 Å². The van der Waals surface area contributed by atoms with E-state index in [0.29, 0.717) is 6.42 Å². The number of aldehydes is 1. The van der Waals surface area contributed by atoms with Crippen molar-refractivity contribution >= 4 is 6.29 Å². The Kier molecular flexibility index (Phi) is 2.40. The lowest BCUT2D eigenvalue weighted by Gasteiger charge is -1.95. The summed E-state index contributed by atoms with van der Waals surface area (Å²) in [5, 5.41) is 0. The summed E-state index contributed by atoms with van der Waals surface area (Å²) in [6.07, 6.45) is 4.69. The molecule has 0 atom stereocenters. The minimum absolute atomic E-state index is 0.699. The summed E-state index contributed by atoms with van der Waals surface area (Å²) in [7, 11) is 0. The van der Waals surface area contributed by atoms with Gasteiger partial charge >= 0.3 is 0 Å². The van der Waals surface area contributed by atoms with E-state index in [4.69, 9.17) is 0 Å². The maximum Gasteiger partial charge on any atom is 0.288 e. The quantitative estimate of drug-likeness (QED) is 0.253. The molecule has 0 N–H and O–H groups in total. The highest BCUT2D eigenvalue weighted by atomic mass is 17.4. The predicted octanol–water partition coefficient (Wildman–Crippen LogP) is 1.42. The maximum atomic E-state index is 10.2. The predicted molar refractivity (Wildman–Crippen MR) is 35.1 cm³/mol. The lowest BCUT2D eigenvalue weighted by atomic mass is 10.1. The summed E-state index contributed by atoms with van der Waals surface area (Å²) < 4.78 is 0. The van der Waals surface area contributed by atoms with Crippen LogP contribution in [-0.2, 0) is 14.6 Å². The van der Waals surface area contributed by atoms with Gasteiger partial charge in [0.25, 0.3) is 5.79 Å². The molecule has 0 saturated carbocycles. The standard InChI is InChI=1S/C7H12O3/c1-2-3-4-5-7(6-8)9-10-7/h6H,2-5H2,1H3. The molecule has 0 spiro atoms. The molecule has 1 fully saturated rings. The number of hydrogen-bond acceptors (Lipinski definition) is 3. The zero-order chi connectivity index (χ0) is 7.45. The molecule has 0 aromatic rings. The SMILES string of the molecule is CCCCCC1(C=O)OO1. The molecule has 0 aliphatic carbocycles. The largest absolute Gasteiger partial charge is 0.297 e. The van der Waals surface area contributed by atoms with Crippen LogP contribution >= 0.6 is 0 Å². The van der Waals surface area contributed by atoms with Gasteiger partial charge in [-0.1, -0.05) is 19.8 Å². The average molecular weight is 144 g/mol. The van der Waals surface area contributed by atoms with Crippen LogP contribution in [-0.4, -0.2) is 12.1 Å². The summed E-state index contributed by atoms with van der Waals surface area (Å²) in [6, 6.07) is 0. The Bertz CT molecular complexity index is 118. The number of unbranched alkanes of at least 4 members (excludes halogenated alkanes) is 2. The summed E-state index contributed by atoms with van der Waals surface area (Å²) in [4.78, 5) is 19.3. The van der Waals surface area contributed by atoms with Gasteiger partial charge in [0.1, 0.15) is 0 Å². The topological polar surface area (TPSA) is 42.1 Å². The minimum Gasteiger partial charge on any atom is -0.297 e. The van der Waals surface area contributed by atoms with Crippen LogP contribution in [0.25, 0.3) is 0 Å². The van der Waals surface area contributed by atoms with E-state index in [1.54, 1.807) is 0 Å². The molecule has 0 unspecified atom stereocenters. The Balaban J connectivity index is 2.07. The molecule has 0 bridgehead atoms. The second-order valence-electron chi connectivity index (χ2n) is 2.55. The molecule has 3 heteroatoms. The van der Waals surface area contributed by atoms with Crippen molar-refractivity contribution in [2.75, 3.05) is 0 Å². The molecule has 0 amide bonds. The van der Waals surface area contributed by atoms with Crippen LogP contribution in [0, 0.1) is 0 Å². The van der Waals surface area contributed by atoms with Crippen LogP contribution in [0.3, 0.4) is 0 Å². The molecular weight excluding hydrogens is 132 g/mol. The minimum atomic E-state index is -0.838. The molecule has 10 heavy (non-hydrogen) atoms. The van der Waals surface area contributed by atoms with Crippen molar-refractivity contribution in [3.63, 3.8) is 0 Å². The fraction of sp³-hybridized carbons (Fsp3) is 0.857. The Morgan fingerprint density at radius 2 is 2.10 bits per heavy atom. The average Bonchev–Trinajstić information content (AvgIpc) is 2.70. The van der Waals surface area contributed by atoms with Crippen molar-refractivity contribution in [2.45, 2.75) is 38.4 Å². The van der Waals surface area contributed by atoms with E-state index < -0.39 is 5.79 Å². The van der Waals surface area contributed by atoms with Gasteiger partial charge in [0.2, 0.25) is 0 Å². The summed E-state index contributed by atoms with van der Waals surface area (Å²) in [5.41, 5.74) is 0. The lowest BCUT2D eigenvalue weighted by Crippen LogP contribution is -2.11. The molecule has 0 aromatic carbocycles.